The summed E-state index contributed by atoms with van der Waals surface area (Å²) in [7, 11) is 0. The number of aromatic nitrogens is 1. The number of amides is 2. The van der Waals surface area contributed by atoms with Crippen molar-refractivity contribution in [2.75, 3.05) is 6.54 Å². The van der Waals surface area contributed by atoms with Gasteiger partial charge in [0.25, 0.3) is 0 Å². The molecule has 2 atom stereocenters. The van der Waals surface area contributed by atoms with E-state index in [4.69, 9.17) is 5.11 Å². The van der Waals surface area contributed by atoms with Crippen LogP contribution < -0.4 is 10.6 Å². The van der Waals surface area contributed by atoms with Gasteiger partial charge in [0.2, 0.25) is 0 Å². The van der Waals surface area contributed by atoms with Crippen molar-refractivity contribution in [1.82, 2.24) is 15.6 Å². The maximum Gasteiger partial charge on any atom is 0.315 e. The molecule has 1 heterocycles. The number of carboxylic acid groups (broad SMARTS) is 1. The number of carboxylic acids is 1. The Labute approximate surface area is 118 Å². The van der Waals surface area contributed by atoms with E-state index in [1.807, 2.05) is 32.0 Å². The number of nitrogens with zero attached hydrogens (tertiary/aromatic N) is 1. The molecule has 3 N–H and O–H groups in total. The molecule has 1 aromatic rings. The van der Waals surface area contributed by atoms with Gasteiger partial charge in [0.15, 0.2) is 0 Å². The van der Waals surface area contributed by atoms with E-state index in [0.717, 1.165) is 5.69 Å². The third-order valence-electron chi connectivity index (χ3n) is 3.07. The van der Waals surface area contributed by atoms with Crippen LogP contribution in [0.4, 0.5) is 4.79 Å². The molecule has 0 aliphatic carbocycles. The number of pyridine rings is 1. The highest BCUT2D eigenvalue weighted by molar-refractivity contribution is 5.74. The molecule has 6 nitrogen and oxygen atoms in total. The van der Waals surface area contributed by atoms with Crippen molar-refractivity contribution in [2.24, 2.45) is 5.92 Å². The Morgan fingerprint density at radius 2 is 2.15 bits per heavy atom. The molecule has 2 amide bonds. The highest BCUT2D eigenvalue weighted by atomic mass is 16.4. The summed E-state index contributed by atoms with van der Waals surface area (Å²) in [6, 6.07) is 5.00. The van der Waals surface area contributed by atoms with E-state index in [9.17, 15) is 9.59 Å². The average Bonchev–Trinajstić information content (AvgIpc) is 2.44. The van der Waals surface area contributed by atoms with Crippen LogP contribution in [0.3, 0.4) is 0 Å². The number of urea groups is 1. The topological polar surface area (TPSA) is 91.3 Å². The molecule has 1 rings (SSSR count). The summed E-state index contributed by atoms with van der Waals surface area (Å²) in [5, 5.41) is 14.2. The van der Waals surface area contributed by atoms with E-state index in [1.165, 1.54) is 0 Å². The molecule has 1 aromatic heterocycles. The molecule has 20 heavy (non-hydrogen) atoms. The number of rotatable bonds is 7. The SMILES string of the molecule is CCC(CNC(=O)NC(C)c1ccccn1)CC(=O)O. The smallest absolute Gasteiger partial charge is 0.315 e. The van der Waals surface area contributed by atoms with Crippen LogP contribution in [0.5, 0.6) is 0 Å². The Morgan fingerprint density at radius 3 is 2.70 bits per heavy atom. The van der Waals surface area contributed by atoms with Gasteiger partial charge in [-0.3, -0.25) is 9.78 Å². The van der Waals surface area contributed by atoms with E-state index >= 15 is 0 Å². The van der Waals surface area contributed by atoms with Crippen LogP contribution in [0.1, 0.15) is 38.4 Å². The fourth-order valence-corrected chi connectivity index (χ4v) is 1.80. The Hall–Kier alpha value is -2.11. The van der Waals surface area contributed by atoms with Gasteiger partial charge in [-0.05, 0) is 25.0 Å². The number of carbonyl (C=O) groups excluding carboxylic acids is 1. The number of carbonyl (C=O) groups is 2. The Balaban J connectivity index is 2.38. The number of aliphatic carboxylic acids is 1. The number of nitrogens with one attached hydrogen (secondary N) is 2. The lowest BCUT2D eigenvalue weighted by atomic mass is 10.0. The van der Waals surface area contributed by atoms with Gasteiger partial charge in [0.05, 0.1) is 11.7 Å². The summed E-state index contributed by atoms with van der Waals surface area (Å²) < 4.78 is 0. The molecule has 2 unspecified atom stereocenters. The average molecular weight is 279 g/mol. The molecule has 110 valence electrons. The highest BCUT2D eigenvalue weighted by Crippen LogP contribution is 2.08. The monoisotopic (exact) mass is 279 g/mol. The van der Waals surface area contributed by atoms with Crippen molar-refractivity contribution >= 4 is 12.0 Å². The fourth-order valence-electron chi connectivity index (χ4n) is 1.80. The van der Waals surface area contributed by atoms with Gasteiger partial charge in [-0.2, -0.15) is 0 Å². The van der Waals surface area contributed by atoms with Crippen LogP contribution >= 0.6 is 0 Å². The van der Waals surface area contributed by atoms with E-state index in [1.54, 1.807) is 6.20 Å². The van der Waals surface area contributed by atoms with Crippen LogP contribution in [0.25, 0.3) is 0 Å². The van der Waals surface area contributed by atoms with E-state index < -0.39 is 5.97 Å². The van der Waals surface area contributed by atoms with Gasteiger partial charge in [0, 0.05) is 19.2 Å². The Bertz CT molecular complexity index is 437. The second-order valence-corrected chi connectivity index (χ2v) is 4.70. The zero-order valence-corrected chi connectivity index (χ0v) is 11.8. The van der Waals surface area contributed by atoms with Crippen molar-refractivity contribution in [3.05, 3.63) is 30.1 Å². The lowest BCUT2D eigenvalue weighted by Crippen LogP contribution is -2.39. The van der Waals surface area contributed by atoms with Crippen LogP contribution in [0.15, 0.2) is 24.4 Å². The highest BCUT2D eigenvalue weighted by Gasteiger charge is 2.14. The van der Waals surface area contributed by atoms with E-state index in [2.05, 4.69) is 15.6 Å². The minimum Gasteiger partial charge on any atom is -0.481 e. The second-order valence-electron chi connectivity index (χ2n) is 4.70. The molecule has 0 bridgehead atoms. The molecule has 6 heteroatoms. The van der Waals surface area contributed by atoms with Gasteiger partial charge >= 0.3 is 12.0 Å². The lowest BCUT2D eigenvalue weighted by Gasteiger charge is -2.17. The fraction of sp³-hybridized carbons (Fsp3) is 0.500. The first-order valence-electron chi connectivity index (χ1n) is 6.70. The first-order chi connectivity index (χ1) is 9.52. The normalized spacial score (nSPS) is 13.3. The summed E-state index contributed by atoms with van der Waals surface area (Å²) in [6.07, 6.45) is 2.44. The molecule has 0 radical (unpaired) electrons. The molecule has 0 saturated heterocycles. The molecule has 0 fully saturated rings. The summed E-state index contributed by atoms with van der Waals surface area (Å²) in [5.41, 5.74) is 0.778. The van der Waals surface area contributed by atoms with Gasteiger partial charge in [0.1, 0.15) is 0 Å². The minimum atomic E-state index is -0.846. The first kappa shape index (κ1) is 15.9. The molecular formula is C14H21N3O3. The second kappa shape index (κ2) is 8.14. The van der Waals surface area contributed by atoms with Crippen LogP contribution in [0.2, 0.25) is 0 Å². The van der Waals surface area contributed by atoms with Crippen molar-refractivity contribution in [3.8, 4) is 0 Å². The zero-order chi connectivity index (χ0) is 15.0. The summed E-state index contributed by atoms with van der Waals surface area (Å²) in [4.78, 5) is 26.5. The lowest BCUT2D eigenvalue weighted by molar-refractivity contribution is -0.138. The van der Waals surface area contributed by atoms with Gasteiger partial charge in [-0.15, -0.1) is 0 Å². The van der Waals surface area contributed by atoms with Gasteiger partial charge < -0.3 is 15.7 Å². The maximum absolute atomic E-state index is 11.7. The maximum atomic E-state index is 11.7. The van der Waals surface area contributed by atoms with Crippen molar-refractivity contribution in [1.29, 1.82) is 0 Å². The quantitative estimate of drug-likeness (QED) is 0.711. The molecular weight excluding hydrogens is 258 g/mol. The predicted molar refractivity (Wildman–Crippen MR) is 75.2 cm³/mol. The van der Waals surface area contributed by atoms with Crippen molar-refractivity contribution in [3.63, 3.8) is 0 Å². The standard InChI is InChI=1S/C14H21N3O3/c1-3-11(8-13(18)19)9-16-14(20)17-10(2)12-6-4-5-7-15-12/h4-7,10-11H,3,8-9H2,1-2H3,(H,18,19)(H2,16,17,20). The minimum absolute atomic E-state index is 0.0524. The Kier molecular flexibility index (Phi) is 6.49. The first-order valence-corrected chi connectivity index (χ1v) is 6.70. The van der Waals surface area contributed by atoms with Gasteiger partial charge in [-0.1, -0.05) is 19.4 Å². The molecule has 0 aromatic carbocycles. The Morgan fingerprint density at radius 1 is 1.40 bits per heavy atom. The third-order valence-corrected chi connectivity index (χ3v) is 3.07. The number of hydrogen-bond acceptors (Lipinski definition) is 3. The molecule has 0 aliphatic heterocycles. The van der Waals surface area contributed by atoms with Gasteiger partial charge in [-0.25, -0.2) is 4.79 Å². The van der Waals surface area contributed by atoms with Crippen molar-refractivity contribution < 1.29 is 14.7 Å². The summed E-state index contributed by atoms with van der Waals surface area (Å²) in [5.74, 6) is -0.899. The van der Waals surface area contributed by atoms with Crippen LogP contribution in [-0.4, -0.2) is 28.6 Å². The van der Waals surface area contributed by atoms with Crippen molar-refractivity contribution in [2.45, 2.75) is 32.7 Å². The summed E-state index contributed by atoms with van der Waals surface area (Å²) in [6.45, 7) is 4.10. The van der Waals surface area contributed by atoms with E-state index in [0.29, 0.717) is 13.0 Å². The van der Waals surface area contributed by atoms with E-state index in [-0.39, 0.29) is 24.4 Å². The summed E-state index contributed by atoms with van der Waals surface area (Å²) >= 11 is 0. The zero-order valence-electron chi connectivity index (χ0n) is 11.8. The number of hydrogen-bond donors (Lipinski definition) is 3. The van der Waals surface area contributed by atoms with Crippen LogP contribution in [0, 0.1) is 5.92 Å². The molecule has 0 spiro atoms. The largest absolute Gasteiger partial charge is 0.481 e. The molecule has 0 saturated carbocycles. The van der Waals surface area contributed by atoms with Crippen LogP contribution in [-0.2, 0) is 4.79 Å². The molecule has 0 aliphatic rings. The predicted octanol–water partition coefficient (Wildman–Crippen LogP) is 1.94. The third kappa shape index (κ3) is 5.69.